The predicted octanol–water partition coefficient (Wildman–Crippen LogP) is 4.96. The van der Waals surface area contributed by atoms with Gasteiger partial charge in [0.05, 0.1) is 6.21 Å². The van der Waals surface area contributed by atoms with E-state index in [-0.39, 0.29) is 11.6 Å². The largest absolute Gasteiger partial charge is 0.332 e. The van der Waals surface area contributed by atoms with Crippen molar-refractivity contribution in [2.45, 2.75) is 0 Å². The molecule has 1 aromatic heterocycles. The number of amides is 1. The van der Waals surface area contributed by atoms with Crippen molar-refractivity contribution >= 4 is 57.5 Å². The van der Waals surface area contributed by atoms with E-state index in [2.05, 4.69) is 20.8 Å². The summed E-state index contributed by atoms with van der Waals surface area (Å²) >= 11 is 13.0. The lowest BCUT2D eigenvalue weighted by Crippen LogP contribution is -2.18. The zero-order chi connectivity index (χ0) is 17.6. The van der Waals surface area contributed by atoms with E-state index in [1.807, 2.05) is 12.1 Å². The molecule has 0 saturated carbocycles. The first-order chi connectivity index (χ1) is 12.1. The number of hydrazone groups is 1. The second kappa shape index (κ2) is 8.11. The Kier molecular flexibility index (Phi) is 5.65. The molecule has 2 N–H and O–H groups in total. The molecule has 0 spiro atoms. The van der Waals surface area contributed by atoms with E-state index in [1.165, 1.54) is 17.6 Å². The van der Waals surface area contributed by atoms with E-state index < -0.39 is 0 Å². The summed E-state index contributed by atoms with van der Waals surface area (Å²) in [6.07, 6.45) is 1.54. The van der Waals surface area contributed by atoms with Crippen LogP contribution in [0, 0.1) is 0 Å². The number of anilines is 2. The maximum Gasteiger partial charge on any atom is 0.290 e. The van der Waals surface area contributed by atoms with Crippen molar-refractivity contribution in [3.8, 4) is 0 Å². The average molecular weight is 391 g/mol. The van der Waals surface area contributed by atoms with Gasteiger partial charge in [-0.05, 0) is 42.0 Å². The van der Waals surface area contributed by atoms with Crippen LogP contribution in [0.1, 0.15) is 16.1 Å². The number of hydrogen-bond donors (Lipinski definition) is 2. The Balaban J connectivity index is 1.58. The van der Waals surface area contributed by atoms with E-state index >= 15 is 0 Å². The van der Waals surface area contributed by atoms with Gasteiger partial charge in [0.25, 0.3) is 5.91 Å². The van der Waals surface area contributed by atoms with Crippen LogP contribution in [0.3, 0.4) is 0 Å². The molecule has 0 fully saturated rings. The summed E-state index contributed by atoms with van der Waals surface area (Å²) in [5, 5.41) is 10.6. The zero-order valence-electron chi connectivity index (χ0n) is 12.7. The monoisotopic (exact) mass is 390 g/mol. The number of halogens is 2. The molecular formula is C17H12Cl2N4OS. The van der Waals surface area contributed by atoms with Crippen molar-refractivity contribution in [1.82, 2.24) is 10.4 Å². The van der Waals surface area contributed by atoms with Crippen LogP contribution >= 0.6 is 34.5 Å². The van der Waals surface area contributed by atoms with Crippen LogP contribution in [-0.2, 0) is 0 Å². The van der Waals surface area contributed by atoms with Crippen LogP contribution in [0.15, 0.2) is 59.0 Å². The molecule has 0 saturated heterocycles. The standard InChI is InChI=1S/C17H12Cl2N4OS/c18-12-3-1-11(2-4-12)9-20-23-16(24)15-10-25-17(22-15)21-14-7-5-13(19)6-8-14/h1-10H,(H,21,22)(H,23,24)/b20-9+. The minimum Gasteiger partial charge on any atom is -0.332 e. The molecule has 0 aliphatic rings. The minimum atomic E-state index is -0.384. The first kappa shape index (κ1) is 17.4. The van der Waals surface area contributed by atoms with Crippen molar-refractivity contribution in [3.63, 3.8) is 0 Å². The van der Waals surface area contributed by atoms with E-state index in [9.17, 15) is 4.79 Å². The fourth-order valence-electron chi connectivity index (χ4n) is 1.86. The summed E-state index contributed by atoms with van der Waals surface area (Å²) in [4.78, 5) is 16.3. The van der Waals surface area contributed by atoms with Crippen molar-refractivity contribution in [3.05, 3.63) is 75.2 Å². The summed E-state index contributed by atoms with van der Waals surface area (Å²) in [7, 11) is 0. The Morgan fingerprint density at radius 3 is 2.36 bits per heavy atom. The highest BCUT2D eigenvalue weighted by atomic mass is 35.5. The number of carbonyl (C=O) groups is 1. The molecular weight excluding hydrogens is 379 g/mol. The second-order valence-electron chi connectivity index (χ2n) is 4.92. The Morgan fingerprint density at radius 1 is 1.04 bits per heavy atom. The number of thiazole rings is 1. The maximum atomic E-state index is 12.1. The lowest BCUT2D eigenvalue weighted by molar-refractivity contribution is 0.0951. The number of carbonyl (C=O) groups excluding carboxylic acids is 1. The maximum absolute atomic E-state index is 12.1. The molecule has 0 atom stereocenters. The van der Waals surface area contributed by atoms with Gasteiger partial charge in [0.2, 0.25) is 0 Å². The summed E-state index contributed by atoms with van der Waals surface area (Å²) in [5.41, 5.74) is 4.40. The first-order valence-electron chi connectivity index (χ1n) is 7.17. The van der Waals surface area contributed by atoms with E-state index in [4.69, 9.17) is 23.2 Å². The number of benzene rings is 2. The number of rotatable bonds is 5. The molecule has 0 unspecified atom stereocenters. The molecule has 3 aromatic rings. The highest BCUT2D eigenvalue weighted by Crippen LogP contribution is 2.22. The highest BCUT2D eigenvalue weighted by molar-refractivity contribution is 7.14. The summed E-state index contributed by atoms with van der Waals surface area (Å²) < 4.78 is 0. The summed E-state index contributed by atoms with van der Waals surface area (Å²) in [6, 6.07) is 14.3. The molecule has 0 aliphatic carbocycles. The number of aromatic nitrogens is 1. The quantitative estimate of drug-likeness (QED) is 0.477. The van der Waals surface area contributed by atoms with Crippen molar-refractivity contribution < 1.29 is 4.79 Å². The Labute approximate surface area is 158 Å². The molecule has 1 amide bonds. The van der Waals surface area contributed by atoms with Crippen molar-refractivity contribution in [2.24, 2.45) is 5.10 Å². The molecule has 5 nitrogen and oxygen atoms in total. The second-order valence-corrected chi connectivity index (χ2v) is 6.65. The molecule has 0 aliphatic heterocycles. The molecule has 2 aromatic carbocycles. The minimum absolute atomic E-state index is 0.287. The van der Waals surface area contributed by atoms with Gasteiger partial charge >= 0.3 is 0 Å². The van der Waals surface area contributed by atoms with Crippen LogP contribution in [0.25, 0.3) is 0 Å². The summed E-state index contributed by atoms with van der Waals surface area (Å²) in [5.74, 6) is -0.384. The van der Waals surface area contributed by atoms with Gasteiger partial charge in [-0.3, -0.25) is 4.79 Å². The van der Waals surface area contributed by atoms with Gasteiger partial charge in [-0.1, -0.05) is 35.3 Å². The van der Waals surface area contributed by atoms with E-state index in [0.717, 1.165) is 11.3 Å². The smallest absolute Gasteiger partial charge is 0.290 e. The van der Waals surface area contributed by atoms with Crippen molar-refractivity contribution in [1.29, 1.82) is 0 Å². The van der Waals surface area contributed by atoms with Gasteiger partial charge in [-0.2, -0.15) is 5.10 Å². The summed E-state index contributed by atoms with van der Waals surface area (Å²) in [6.45, 7) is 0. The van der Waals surface area contributed by atoms with Crippen LogP contribution < -0.4 is 10.7 Å². The Morgan fingerprint density at radius 2 is 1.68 bits per heavy atom. The van der Waals surface area contributed by atoms with Gasteiger partial charge < -0.3 is 5.32 Å². The third-order valence-electron chi connectivity index (χ3n) is 3.08. The molecule has 8 heteroatoms. The lowest BCUT2D eigenvalue weighted by Gasteiger charge is -2.01. The van der Waals surface area contributed by atoms with Gasteiger partial charge in [0.1, 0.15) is 5.69 Å². The number of nitrogens with one attached hydrogen (secondary N) is 2. The average Bonchev–Trinajstić information content (AvgIpc) is 3.07. The third kappa shape index (κ3) is 5.03. The number of hydrogen-bond acceptors (Lipinski definition) is 5. The molecule has 126 valence electrons. The Hall–Kier alpha value is -2.41. The van der Waals surface area contributed by atoms with Gasteiger partial charge in [-0.25, -0.2) is 10.4 Å². The zero-order valence-corrected chi connectivity index (χ0v) is 15.1. The van der Waals surface area contributed by atoms with E-state index in [0.29, 0.717) is 15.2 Å². The fourth-order valence-corrected chi connectivity index (χ4v) is 2.83. The fraction of sp³-hybridized carbons (Fsp3) is 0. The SMILES string of the molecule is O=C(N/N=C/c1ccc(Cl)cc1)c1csc(Nc2ccc(Cl)cc2)n1. The highest BCUT2D eigenvalue weighted by Gasteiger charge is 2.10. The van der Waals surface area contributed by atoms with Gasteiger partial charge in [0, 0.05) is 21.1 Å². The normalized spacial score (nSPS) is 10.8. The number of nitrogens with zero attached hydrogens (tertiary/aromatic N) is 2. The first-order valence-corrected chi connectivity index (χ1v) is 8.81. The third-order valence-corrected chi connectivity index (χ3v) is 4.34. The van der Waals surface area contributed by atoms with Gasteiger partial charge in [0.15, 0.2) is 5.13 Å². The molecule has 0 radical (unpaired) electrons. The van der Waals surface area contributed by atoms with Gasteiger partial charge in [-0.15, -0.1) is 11.3 Å². The Bertz CT molecular complexity index is 892. The van der Waals surface area contributed by atoms with Crippen LogP contribution in [0.4, 0.5) is 10.8 Å². The van der Waals surface area contributed by atoms with Crippen LogP contribution in [-0.4, -0.2) is 17.1 Å². The molecule has 1 heterocycles. The lowest BCUT2D eigenvalue weighted by atomic mass is 10.2. The predicted molar refractivity (Wildman–Crippen MR) is 103 cm³/mol. The van der Waals surface area contributed by atoms with Crippen LogP contribution in [0.5, 0.6) is 0 Å². The molecule has 3 rings (SSSR count). The van der Waals surface area contributed by atoms with Crippen LogP contribution in [0.2, 0.25) is 10.0 Å². The van der Waals surface area contributed by atoms with E-state index in [1.54, 1.807) is 41.8 Å². The topological polar surface area (TPSA) is 66.4 Å². The van der Waals surface area contributed by atoms with Crippen molar-refractivity contribution in [2.75, 3.05) is 5.32 Å². The molecule has 25 heavy (non-hydrogen) atoms. The molecule has 0 bridgehead atoms.